The standard InChI is InChI=1S/C17H13ClF3N3O/c1-25-8-6-14-23-13-9-10(4-5-11(13)16(18)24-14)15-12(17(19,20)21)3-2-7-22-15/h2-5,7,9H,6,8H2,1H3. The van der Waals surface area contributed by atoms with Crippen molar-refractivity contribution in [2.45, 2.75) is 12.6 Å². The van der Waals surface area contributed by atoms with Gasteiger partial charge in [0, 0.05) is 30.7 Å². The molecule has 1 aromatic carbocycles. The van der Waals surface area contributed by atoms with Crippen LogP contribution >= 0.6 is 11.6 Å². The number of benzene rings is 1. The van der Waals surface area contributed by atoms with Gasteiger partial charge in [0.2, 0.25) is 0 Å². The third-order valence-electron chi connectivity index (χ3n) is 3.61. The van der Waals surface area contributed by atoms with Crippen LogP contribution in [-0.2, 0) is 17.3 Å². The molecule has 0 spiro atoms. The molecule has 0 unspecified atom stereocenters. The Morgan fingerprint density at radius 2 is 1.96 bits per heavy atom. The molecule has 8 heteroatoms. The second kappa shape index (κ2) is 6.93. The molecule has 0 aliphatic rings. The van der Waals surface area contributed by atoms with Crippen molar-refractivity contribution in [2.24, 2.45) is 0 Å². The van der Waals surface area contributed by atoms with Gasteiger partial charge in [-0.2, -0.15) is 13.2 Å². The molecule has 0 radical (unpaired) electrons. The summed E-state index contributed by atoms with van der Waals surface area (Å²) < 4.78 is 44.6. The first-order valence-corrected chi connectivity index (χ1v) is 7.75. The van der Waals surface area contributed by atoms with Crippen molar-refractivity contribution in [3.63, 3.8) is 0 Å². The first kappa shape index (κ1) is 17.6. The van der Waals surface area contributed by atoms with E-state index in [4.69, 9.17) is 16.3 Å². The maximum atomic E-state index is 13.2. The zero-order valence-electron chi connectivity index (χ0n) is 13.1. The van der Waals surface area contributed by atoms with E-state index in [1.165, 1.54) is 24.4 Å². The fourth-order valence-corrected chi connectivity index (χ4v) is 2.71. The van der Waals surface area contributed by atoms with Crippen molar-refractivity contribution in [3.05, 3.63) is 53.1 Å². The number of hydrogen-bond donors (Lipinski definition) is 0. The third kappa shape index (κ3) is 3.72. The monoisotopic (exact) mass is 367 g/mol. The molecule has 0 amide bonds. The zero-order valence-corrected chi connectivity index (χ0v) is 13.9. The molecule has 0 aliphatic carbocycles. The van der Waals surface area contributed by atoms with Crippen LogP contribution in [0.15, 0.2) is 36.5 Å². The molecule has 4 nitrogen and oxygen atoms in total. The molecular weight excluding hydrogens is 355 g/mol. The van der Waals surface area contributed by atoms with E-state index in [-0.39, 0.29) is 10.8 Å². The maximum Gasteiger partial charge on any atom is 0.418 e. The van der Waals surface area contributed by atoms with Gasteiger partial charge < -0.3 is 4.74 Å². The Bertz CT molecular complexity index is 915. The van der Waals surface area contributed by atoms with E-state index in [1.54, 1.807) is 13.2 Å². The smallest absolute Gasteiger partial charge is 0.384 e. The number of alkyl halides is 3. The normalized spacial score (nSPS) is 11.9. The van der Waals surface area contributed by atoms with Gasteiger partial charge in [-0.1, -0.05) is 17.7 Å². The molecule has 0 saturated carbocycles. The summed E-state index contributed by atoms with van der Waals surface area (Å²) >= 11 is 6.16. The lowest BCUT2D eigenvalue weighted by molar-refractivity contribution is -0.137. The lowest BCUT2D eigenvalue weighted by Gasteiger charge is -2.12. The molecule has 2 aromatic heterocycles. The number of fused-ring (bicyclic) bond motifs is 1. The first-order valence-electron chi connectivity index (χ1n) is 7.38. The molecule has 25 heavy (non-hydrogen) atoms. The van der Waals surface area contributed by atoms with E-state index in [2.05, 4.69) is 15.0 Å². The molecule has 0 atom stereocenters. The number of rotatable bonds is 4. The Morgan fingerprint density at radius 3 is 2.68 bits per heavy atom. The summed E-state index contributed by atoms with van der Waals surface area (Å²) in [5, 5.41) is 0.816. The average molecular weight is 368 g/mol. The quantitative estimate of drug-likeness (QED) is 0.634. The highest BCUT2D eigenvalue weighted by Gasteiger charge is 2.34. The molecule has 130 valence electrons. The van der Waals surface area contributed by atoms with Gasteiger partial charge in [-0.25, -0.2) is 9.97 Å². The summed E-state index contributed by atoms with van der Waals surface area (Å²) in [5.74, 6) is 0.466. The van der Waals surface area contributed by atoms with Crippen LogP contribution in [0.1, 0.15) is 11.4 Å². The summed E-state index contributed by atoms with van der Waals surface area (Å²) in [6.07, 6.45) is -2.72. The van der Waals surface area contributed by atoms with Crippen molar-refractivity contribution >= 4 is 22.5 Å². The van der Waals surface area contributed by atoms with Crippen LogP contribution in [0.3, 0.4) is 0 Å². The van der Waals surface area contributed by atoms with E-state index in [9.17, 15) is 13.2 Å². The van der Waals surface area contributed by atoms with Crippen molar-refractivity contribution in [1.29, 1.82) is 0 Å². The fraction of sp³-hybridized carbons (Fsp3) is 0.235. The van der Waals surface area contributed by atoms with E-state index >= 15 is 0 Å². The molecular formula is C17H13ClF3N3O. The number of aromatic nitrogens is 3. The zero-order chi connectivity index (χ0) is 18.0. The van der Waals surface area contributed by atoms with Gasteiger partial charge >= 0.3 is 6.18 Å². The number of ether oxygens (including phenoxy) is 1. The Labute approximate surface area is 146 Å². The van der Waals surface area contributed by atoms with Gasteiger partial charge in [0.05, 0.1) is 23.4 Å². The van der Waals surface area contributed by atoms with Gasteiger partial charge in [0.15, 0.2) is 0 Å². The highest BCUT2D eigenvalue weighted by atomic mass is 35.5. The van der Waals surface area contributed by atoms with Gasteiger partial charge in [-0.3, -0.25) is 4.98 Å². The number of pyridine rings is 1. The Balaban J connectivity index is 2.13. The molecule has 2 heterocycles. The van der Waals surface area contributed by atoms with E-state index in [0.29, 0.717) is 35.3 Å². The van der Waals surface area contributed by atoms with Crippen LogP contribution in [0.4, 0.5) is 13.2 Å². The minimum Gasteiger partial charge on any atom is -0.384 e. The van der Waals surface area contributed by atoms with Gasteiger partial charge in [-0.05, 0) is 24.3 Å². The second-order valence-corrected chi connectivity index (χ2v) is 5.66. The average Bonchev–Trinajstić information content (AvgIpc) is 2.58. The van der Waals surface area contributed by atoms with Gasteiger partial charge in [0.1, 0.15) is 11.0 Å². The van der Waals surface area contributed by atoms with E-state index < -0.39 is 11.7 Å². The Hall–Kier alpha value is -2.25. The minimum absolute atomic E-state index is 0.148. The van der Waals surface area contributed by atoms with Crippen LogP contribution in [0, 0.1) is 0 Å². The van der Waals surface area contributed by atoms with E-state index in [1.807, 2.05) is 0 Å². The number of methoxy groups -OCH3 is 1. The van der Waals surface area contributed by atoms with Crippen LogP contribution in [0.2, 0.25) is 5.15 Å². The molecule has 0 N–H and O–H groups in total. The van der Waals surface area contributed by atoms with Crippen LogP contribution in [0.5, 0.6) is 0 Å². The lowest BCUT2D eigenvalue weighted by atomic mass is 10.0. The summed E-state index contributed by atoms with van der Waals surface area (Å²) in [5.41, 5.74) is -0.172. The molecule has 3 aromatic rings. The largest absolute Gasteiger partial charge is 0.418 e. The third-order valence-corrected chi connectivity index (χ3v) is 3.90. The predicted molar refractivity (Wildman–Crippen MR) is 88.4 cm³/mol. The fourth-order valence-electron chi connectivity index (χ4n) is 2.45. The molecule has 0 saturated heterocycles. The number of halogens is 4. The molecule has 0 aliphatic heterocycles. The summed E-state index contributed by atoms with van der Waals surface area (Å²) in [7, 11) is 1.56. The summed E-state index contributed by atoms with van der Waals surface area (Å²) in [6, 6.07) is 6.93. The van der Waals surface area contributed by atoms with Crippen molar-refractivity contribution < 1.29 is 17.9 Å². The number of nitrogens with zero attached hydrogens (tertiary/aromatic N) is 3. The Morgan fingerprint density at radius 1 is 1.16 bits per heavy atom. The topological polar surface area (TPSA) is 47.9 Å². The minimum atomic E-state index is -4.49. The Kier molecular flexibility index (Phi) is 4.87. The van der Waals surface area contributed by atoms with Crippen LogP contribution in [0.25, 0.3) is 22.2 Å². The maximum absolute atomic E-state index is 13.2. The van der Waals surface area contributed by atoms with Crippen molar-refractivity contribution in [1.82, 2.24) is 15.0 Å². The highest BCUT2D eigenvalue weighted by molar-refractivity contribution is 6.34. The van der Waals surface area contributed by atoms with E-state index in [0.717, 1.165) is 6.07 Å². The van der Waals surface area contributed by atoms with Crippen molar-refractivity contribution in [2.75, 3.05) is 13.7 Å². The number of hydrogen-bond acceptors (Lipinski definition) is 4. The van der Waals surface area contributed by atoms with Gasteiger partial charge in [0.25, 0.3) is 0 Å². The molecule has 0 bridgehead atoms. The highest BCUT2D eigenvalue weighted by Crippen LogP contribution is 2.36. The molecule has 3 rings (SSSR count). The SMILES string of the molecule is COCCc1nc(Cl)c2ccc(-c3ncccc3C(F)(F)F)cc2n1. The lowest BCUT2D eigenvalue weighted by Crippen LogP contribution is -2.08. The first-order chi connectivity index (χ1) is 11.9. The van der Waals surface area contributed by atoms with Gasteiger partial charge in [-0.15, -0.1) is 0 Å². The second-order valence-electron chi connectivity index (χ2n) is 5.30. The summed E-state index contributed by atoms with van der Waals surface area (Å²) in [4.78, 5) is 12.4. The molecule has 0 fully saturated rings. The summed E-state index contributed by atoms with van der Waals surface area (Å²) in [6.45, 7) is 0.417. The van der Waals surface area contributed by atoms with Crippen LogP contribution in [-0.4, -0.2) is 28.7 Å². The van der Waals surface area contributed by atoms with Crippen molar-refractivity contribution in [3.8, 4) is 11.3 Å². The predicted octanol–water partition coefficient (Wildman–Crippen LogP) is 4.55. The van der Waals surface area contributed by atoms with Crippen LogP contribution < -0.4 is 0 Å².